The van der Waals surface area contributed by atoms with Crippen molar-refractivity contribution in [2.75, 3.05) is 18.0 Å². The molecule has 7 heteroatoms. The van der Waals surface area contributed by atoms with E-state index < -0.39 is 0 Å². The molecular weight excluding hydrogens is 356 g/mol. The molecule has 5 nitrogen and oxygen atoms in total. The van der Waals surface area contributed by atoms with Crippen LogP contribution < -0.4 is 10.2 Å². The van der Waals surface area contributed by atoms with Crippen LogP contribution in [0.3, 0.4) is 0 Å². The van der Waals surface area contributed by atoms with Gasteiger partial charge in [0.15, 0.2) is 5.82 Å². The Balaban J connectivity index is 1.38. The van der Waals surface area contributed by atoms with E-state index in [2.05, 4.69) is 32.5 Å². The summed E-state index contributed by atoms with van der Waals surface area (Å²) in [4.78, 5) is 15.7. The normalized spacial score (nSPS) is 17.0. The van der Waals surface area contributed by atoms with Gasteiger partial charge >= 0.3 is 0 Å². The molecule has 0 aliphatic carbocycles. The van der Waals surface area contributed by atoms with Crippen molar-refractivity contribution in [3.8, 4) is 10.6 Å². The van der Waals surface area contributed by atoms with Crippen molar-refractivity contribution in [2.45, 2.75) is 12.5 Å². The first-order valence-electron chi connectivity index (χ1n) is 8.10. The number of amides is 1. The lowest BCUT2D eigenvalue weighted by Crippen LogP contribution is -2.37. The van der Waals surface area contributed by atoms with E-state index >= 15 is 0 Å². The average Bonchev–Trinajstić information content (AvgIpc) is 3.36. The summed E-state index contributed by atoms with van der Waals surface area (Å²) in [5.74, 6) is 0.858. The lowest BCUT2D eigenvalue weighted by atomic mass is 10.2. The molecule has 0 bridgehead atoms. The van der Waals surface area contributed by atoms with E-state index in [0.29, 0.717) is 10.6 Å². The summed E-state index contributed by atoms with van der Waals surface area (Å²) >= 11 is 7.55. The van der Waals surface area contributed by atoms with Gasteiger partial charge in [-0.05, 0) is 42.1 Å². The number of halogens is 1. The van der Waals surface area contributed by atoms with Crippen LogP contribution in [0.1, 0.15) is 16.8 Å². The number of H-pyrrole nitrogens is 1. The van der Waals surface area contributed by atoms with Crippen LogP contribution in [0.25, 0.3) is 10.6 Å². The standard InChI is InChI=1S/C18H17ClN4OS/c19-13-5-3-12(4-6-13)18(24)20-14-7-8-23(11-14)17-10-15(21-22-17)16-2-1-9-25-16/h1-6,9-10,14H,7-8,11H2,(H,20,24)(H,21,22)/t14-/m0/s1. The zero-order valence-corrected chi connectivity index (χ0v) is 15.0. The average molecular weight is 373 g/mol. The summed E-state index contributed by atoms with van der Waals surface area (Å²) in [5, 5.41) is 13.3. The Labute approximate surface area is 154 Å². The molecule has 1 atom stereocenters. The molecule has 1 aliphatic heterocycles. The van der Waals surface area contributed by atoms with Crippen molar-refractivity contribution in [2.24, 2.45) is 0 Å². The molecule has 1 saturated heterocycles. The Morgan fingerprint density at radius 2 is 2.16 bits per heavy atom. The number of carbonyl (C=O) groups is 1. The summed E-state index contributed by atoms with van der Waals surface area (Å²) in [6.07, 6.45) is 0.903. The minimum Gasteiger partial charge on any atom is -0.353 e. The number of hydrogen-bond acceptors (Lipinski definition) is 4. The molecular formula is C18H17ClN4OS. The highest BCUT2D eigenvalue weighted by Crippen LogP contribution is 2.27. The third-order valence-corrected chi connectivity index (χ3v) is 5.46. The van der Waals surface area contributed by atoms with Crippen LogP contribution >= 0.6 is 22.9 Å². The van der Waals surface area contributed by atoms with Crippen LogP contribution in [0.15, 0.2) is 47.8 Å². The minimum atomic E-state index is -0.0650. The lowest BCUT2D eigenvalue weighted by molar-refractivity contribution is 0.0940. The van der Waals surface area contributed by atoms with Gasteiger partial charge in [-0.25, -0.2) is 0 Å². The topological polar surface area (TPSA) is 61.0 Å². The second-order valence-corrected chi connectivity index (χ2v) is 7.41. The van der Waals surface area contributed by atoms with Gasteiger partial charge in [0.2, 0.25) is 0 Å². The molecule has 128 valence electrons. The number of benzene rings is 1. The molecule has 3 heterocycles. The molecule has 1 fully saturated rings. The SMILES string of the molecule is O=C(N[C@H]1CCN(c2cc(-c3cccs3)[nH]n2)C1)c1ccc(Cl)cc1. The molecule has 0 radical (unpaired) electrons. The monoisotopic (exact) mass is 372 g/mol. The van der Waals surface area contributed by atoms with E-state index in [4.69, 9.17) is 11.6 Å². The quantitative estimate of drug-likeness (QED) is 0.732. The van der Waals surface area contributed by atoms with Crippen LogP contribution in [0.5, 0.6) is 0 Å². The highest BCUT2D eigenvalue weighted by atomic mass is 35.5. The third-order valence-electron chi connectivity index (χ3n) is 4.30. The van der Waals surface area contributed by atoms with E-state index in [1.54, 1.807) is 35.6 Å². The number of carbonyl (C=O) groups excluding carboxylic acids is 1. The molecule has 25 heavy (non-hydrogen) atoms. The van der Waals surface area contributed by atoms with Crippen LogP contribution in [0, 0.1) is 0 Å². The zero-order valence-electron chi connectivity index (χ0n) is 13.4. The minimum absolute atomic E-state index is 0.0650. The lowest BCUT2D eigenvalue weighted by Gasteiger charge is -2.16. The molecule has 2 N–H and O–H groups in total. The van der Waals surface area contributed by atoms with Crippen molar-refractivity contribution in [1.82, 2.24) is 15.5 Å². The molecule has 1 amide bonds. The molecule has 0 spiro atoms. The Kier molecular flexibility index (Phi) is 4.46. The van der Waals surface area contributed by atoms with Gasteiger partial charge in [0.25, 0.3) is 5.91 Å². The zero-order chi connectivity index (χ0) is 17.2. The number of thiophene rings is 1. The maximum absolute atomic E-state index is 12.3. The van der Waals surface area contributed by atoms with Crippen molar-refractivity contribution in [1.29, 1.82) is 0 Å². The summed E-state index contributed by atoms with van der Waals surface area (Å²) in [6, 6.07) is 13.2. The summed E-state index contributed by atoms with van der Waals surface area (Å²) in [5.41, 5.74) is 1.65. The van der Waals surface area contributed by atoms with E-state index in [0.717, 1.165) is 31.0 Å². The molecule has 1 aromatic carbocycles. The Hall–Kier alpha value is -2.31. The third kappa shape index (κ3) is 3.55. The second-order valence-electron chi connectivity index (χ2n) is 6.03. The van der Waals surface area contributed by atoms with Crippen molar-refractivity contribution >= 4 is 34.7 Å². The van der Waals surface area contributed by atoms with Gasteiger partial charge in [-0.1, -0.05) is 17.7 Å². The fourth-order valence-electron chi connectivity index (χ4n) is 2.99. The Morgan fingerprint density at radius 1 is 1.32 bits per heavy atom. The number of nitrogens with one attached hydrogen (secondary N) is 2. The molecule has 0 saturated carbocycles. The Morgan fingerprint density at radius 3 is 2.92 bits per heavy atom. The number of anilines is 1. The van der Waals surface area contributed by atoms with Gasteiger partial charge in [0, 0.05) is 35.8 Å². The predicted molar refractivity (Wildman–Crippen MR) is 101 cm³/mol. The van der Waals surface area contributed by atoms with Gasteiger partial charge < -0.3 is 10.2 Å². The van der Waals surface area contributed by atoms with Gasteiger partial charge in [-0.15, -0.1) is 11.3 Å². The fraction of sp³-hybridized carbons (Fsp3) is 0.222. The van der Waals surface area contributed by atoms with E-state index in [9.17, 15) is 4.79 Å². The van der Waals surface area contributed by atoms with Crippen LogP contribution in [-0.2, 0) is 0 Å². The largest absolute Gasteiger partial charge is 0.353 e. The highest BCUT2D eigenvalue weighted by molar-refractivity contribution is 7.13. The van der Waals surface area contributed by atoms with Gasteiger partial charge in [0.1, 0.15) is 0 Å². The van der Waals surface area contributed by atoms with Gasteiger partial charge in [-0.3, -0.25) is 9.89 Å². The van der Waals surface area contributed by atoms with E-state index in [1.807, 2.05) is 11.4 Å². The number of rotatable bonds is 4. The maximum atomic E-state index is 12.3. The molecule has 4 rings (SSSR count). The van der Waals surface area contributed by atoms with Crippen molar-refractivity contribution < 1.29 is 4.79 Å². The number of hydrogen-bond donors (Lipinski definition) is 2. The first-order chi connectivity index (χ1) is 12.2. The van der Waals surface area contributed by atoms with E-state index in [1.165, 1.54) is 4.88 Å². The fourth-order valence-corrected chi connectivity index (χ4v) is 3.81. The summed E-state index contributed by atoms with van der Waals surface area (Å²) < 4.78 is 0. The van der Waals surface area contributed by atoms with Crippen molar-refractivity contribution in [3.63, 3.8) is 0 Å². The Bertz CT molecular complexity index is 860. The number of aromatic amines is 1. The van der Waals surface area contributed by atoms with Crippen LogP contribution in [0.2, 0.25) is 5.02 Å². The van der Waals surface area contributed by atoms with Crippen LogP contribution in [-0.4, -0.2) is 35.2 Å². The summed E-state index contributed by atoms with van der Waals surface area (Å²) in [7, 11) is 0. The molecule has 1 aliphatic rings. The molecule has 3 aromatic rings. The smallest absolute Gasteiger partial charge is 0.251 e. The van der Waals surface area contributed by atoms with Gasteiger partial charge in [0.05, 0.1) is 10.6 Å². The second kappa shape index (κ2) is 6.90. The first kappa shape index (κ1) is 16.2. The van der Waals surface area contributed by atoms with Crippen molar-refractivity contribution in [3.05, 3.63) is 58.4 Å². The number of aromatic nitrogens is 2. The molecule has 0 unspecified atom stereocenters. The highest BCUT2D eigenvalue weighted by Gasteiger charge is 2.26. The van der Waals surface area contributed by atoms with Gasteiger partial charge in [-0.2, -0.15) is 5.10 Å². The number of nitrogens with zero attached hydrogens (tertiary/aromatic N) is 2. The predicted octanol–water partition coefficient (Wildman–Crippen LogP) is 3.80. The van der Waals surface area contributed by atoms with E-state index in [-0.39, 0.29) is 11.9 Å². The first-order valence-corrected chi connectivity index (χ1v) is 9.35. The summed E-state index contributed by atoms with van der Waals surface area (Å²) in [6.45, 7) is 1.63. The maximum Gasteiger partial charge on any atom is 0.251 e. The molecule has 2 aromatic heterocycles. The van der Waals surface area contributed by atoms with Crippen LogP contribution in [0.4, 0.5) is 5.82 Å².